The predicted octanol–water partition coefficient (Wildman–Crippen LogP) is 2.07. The van der Waals surface area contributed by atoms with Crippen LogP contribution in [-0.4, -0.2) is 11.9 Å². The van der Waals surface area contributed by atoms with E-state index >= 15 is 0 Å². The van der Waals surface area contributed by atoms with E-state index in [1.54, 1.807) is 0 Å². The fourth-order valence-electron chi connectivity index (χ4n) is 2.18. The molecule has 0 spiro atoms. The van der Waals surface area contributed by atoms with Crippen molar-refractivity contribution in [3.8, 4) is 0 Å². The summed E-state index contributed by atoms with van der Waals surface area (Å²) in [5, 5.41) is 0. The van der Waals surface area contributed by atoms with Gasteiger partial charge >= 0.3 is 0 Å². The van der Waals surface area contributed by atoms with Crippen molar-refractivity contribution >= 4 is 5.91 Å². The molecule has 0 fully saturated rings. The summed E-state index contributed by atoms with van der Waals surface area (Å²) in [6.45, 7) is 0. The molecule has 112 valence electrons. The Morgan fingerprint density at radius 1 is 1.19 bits per heavy atom. The Morgan fingerprint density at radius 3 is 2.19 bits per heavy atom. The van der Waals surface area contributed by atoms with Gasteiger partial charge in [0.05, 0.1) is 6.04 Å². The second-order valence-corrected chi connectivity index (χ2v) is 5.05. The first kappa shape index (κ1) is 15.3. The van der Waals surface area contributed by atoms with E-state index in [1.165, 1.54) is 24.3 Å². The molecule has 6 heteroatoms. The molecule has 21 heavy (non-hydrogen) atoms. The summed E-state index contributed by atoms with van der Waals surface area (Å²) in [7, 11) is 0. The Labute approximate surface area is 120 Å². The molecule has 3 nitrogen and oxygen atoms in total. The molecule has 4 N–H and O–H groups in total. The van der Waals surface area contributed by atoms with Gasteiger partial charge in [-0.2, -0.15) is 0 Å². The molecule has 0 radical (unpaired) electrons. The Morgan fingerprint density at radius 2 is 1.71 bits per heavy atom. The minimum atomic E-state index is -2.09. The van der Waals surface area contributed by atoms with E-state index in [9.17, 15) is 18.0 Å². The molecule has 0 aromatic heterocycles. The van der Waals surface area contributed by atoms with Crippen LogP contribution in [-0.2, 0) is 10.5 Å². The molecule has 0 bridgehead atoms. The van der Waals surface area contributed by atoms with Crippen molar-refractivity contribution in [2.45, 2.75) is 18.1 Å². The lowest BCUT2D eigenvalue weighted by Crippen LogP contribution is -2.37. The highest BCUT2D eigenvalue weighted by Gasteiger charge is 2.30. The standard InChI is InChI=1S/C15H15F3N2O/c16-11-6-10(7-12(17)8-11)15(18)3-1-9(2-4-15)5-13(19)14(20)21/h1-4,6-9,13H,5,19H2,(H2,20,21)/t9?,13-,15?/m0/s1. The molecule has 1 aromatic rings. The molecule has 0 saturated carbocycles. The van der Waals surface area contributed by atoms with Gasteiger partial charge in [-0.25, -0.2) is 13.2 Å². The molecule has 1 aliphatic rings. The second-order valence-electron chi connectivity index (χ2n) is 5.05. The van der Waals surface area contributed by atoms with Crippen LogP contribution in [0.3, 0.4) is 0 Å². The van der Waals surface area contributed by atoms with Gasteiger partial charge in [0, 0.05) is 11.6 Å². The van der Waals surface area contributed by atoms with Gasteiger partial charge in [0.2, 0.25) is 5.91 Å². The quantitative estimate of drug-likeness (QED) is 0.835. The zero-order chi connectivity index (χ0) is 15.6. The monoisotopic (exact) mass is 296 g/mol. The highest BCUT2D eigenvalue weighted by Crippen LogP contribution is 2.35. The van der Waals surface area contributed by atoms with E-state index in [4.69, 9.17) is 11.5 Å². The third kappa shape index (κ3) is 3.52. The van der Waals surface area contributed by atoms with Crippen LogP contribution in [0.25, 0.3) is 0 Å². The van der Waals surface area contributed by atoms with Gasteiger partial charge < -0.3 is 11.5 Å². The van der Waals surface area contributed by atoms with Gasteiger partial charge in [0.25, 0.3) is 0 Å². The van der Waals surface area contributed by atoms with Gasteiger partial charge in [-0.1, -0.05) is 12.2 Å². The topological polar surface area (TPSA) is 69.1 Å². The Bertz CT molecular complexity index is 579. The summed E-state index contributed by atoms with van der Waals surface area (Å²) in [4.78, 5) is 10.9. The Hall–Kier alpha value is -2.08. The minimum Gasteiger partial charge on any atom is -0.368 e. The van der Waals surface area contributed by atoms with Crippen LogP contribution in [0.1, 0.15) is 12.0 Å². The average molecular weight is 296 g/mol. The fourth-order valence-corrected chi connectivity index (χ4v) is 2.18. The Kier molecular flexibility index (Phi) is 4.18. The lowest BCUT2D eigenvalue weighted by molar-refractivity contribution is -0.119. The SMILES string of the molecule is NC(=O)[C@@H](N)CC1C=CC(F)(c2cc(F)cc(F)c2)C=C1. The molecule has 2 rings (SSSR count). The van der Waals surface area contributed by atoms with Crippen molar-refractivity contribution in [3.63, 3.8) is 0 Å². The van der Waals surface area contributed by atoms with E-state index in [0.717, 1.165) is 12.1 Å². The van der Waals surface area contributed by atoms with Crippen molar-refractivity contribution in [3.05, 3.63) is 59.7 Å². The lowest BCUT2D eigenvalue weighted by atomic mass is 9.86. The van der Waals surface area contributed by atoms with Crippen LogP contribution < -0.4 is 11.5 Å². The number of hydrogen-bond donors (Lipinski definition) is 2. The number of primary amides is 1. The van der Waals surface area contributed by atoms with E-state index in [-0.39, 0.29) is 17.9 Å². The number of benzene rings is 1. The van der Waals surface area contributed by atoms with Crippen LogP contribution >= 0.6 is 0 Å². The van der Waals surface area contributed by atoms with Gasteiger partial charge in [0.1, 0.15) is 11.6 Å². The average Bonchev–Trinajstić information content (AvgIpc) is 2.40. The largest absolute Gasteiger partial charge is 0.368 e. The molecule has 1 amide bonds. The van der Waals surface area contributed by atoms with Gasteiger partial charge in [-0.3, -0.25) is 4.79 Å². The van der Waals surface area contributed by atoms with Crippen LogP contribution in [0.4, 0.5) is 13.2 Å². The number of allylic oxidation sites excluding steroid dienone is 4. The van der Waals surface area contributed by atoms with Crippen molar-refractivity contribution in [2.75, 3.05) is 0 Å². The summed E-state index contributed by atoms with van der Waals surface area (Å²) in [6, 6.07) is 1.72. The second kappa shape index (κ2) is 5.73. The van der Waals surface area contributed by atoms with Crippen LogP contribution in [0.5, 0.6) is 0 Å². The molecule has 1 atom stereocenters. The highest BCUT2D eigenvalue weighted by molar-refractivity contribution is 5.79. The maximum atomic E-state index is 14.7. The summed E-state index contributed by atoms with van der Waals surface area (Å²) in [6.07, 6.45) is 5.65. The van der Waals surface area contributed by atoms with Crippen molar-refractivity contribution in [2.24, 2.45) is 17.4 Å². The summed E-state index contributed by atoms with van der Waals surface area (Å²) >= 11 is 0. The fraction of sp³-hybridized carbons (Fsp3) is 0.267. The molecule has 0 unspecified atom stereocenters. The summed E-state index contributed by atoms with van der Waals surface area (Å²) in [5.41, 5.74) is 8.37. The maximum Gasteiger partial charge on any atom is 0.234 e. The number of carbonyl (C=O) groups is 1. The normalized spacial score (nSPS) is 25.8. The maximum absolute atomic E-state index is 14.7. The van der Waals surface area contributed by atoms with Crippen molar-refractivity contribution in [1.82, 2.24) is 0 Å². The molecule has 0 heterocycles. The van der Waals surface area contributed by atoms with E-state index in [2.05, 4.69) is 0 Å². The third-order valence-electron chi connectivity index (χ3n) is 3.37. The first-order valence-electron chi connectivity index (χ1n) is 6.39. The summed E-state index contributed by atoms with van der Waals surface area (Å²) < 4.78 is 41.0. The highest BCUT2D eigenvalue weighted by atomic mass is 19.1. The first-order chi connectivity index (χ1) is 9.80. The minimum absolute atomic E-state index is 0.134. The summed E-state index contributed by atoms with van der Waals surface area (Å²) in [5.74, 6) is -2.58. The van der Waals surface area contributed by atoms with Gasteiger partial charge in [-0.05, 0) is 36.6 Å². The number of rotatable bonds is 4. The number of nitrogens with two attached hydrogens (primary N) is 2. The zero-order valence-corrected chi connectivity index (χ0v) is 11.1. The van der Waals surface area contributed by atoms with Crippen molar-refractivity contribution < 1.29 is 18.0 Å². The molecule has 1 aromatic carbocycles. The smallest absolute Gasteiger partial charge is 0.234 e. The first-order valence-corrected chi connectivity index (χ1v) is 6.39. The van der Waals surface area contributed by atoms with E-state index < -0.39 is 29.3 Å². The zero-order valence-electron chi connectivity index (χ0n) is 11.1. The molecule has 0 aliphatic heterocycles. The number of amides is 1. The van der Waals surface area contributed by atoms with Crippen LogP contribution in [0.2, 0.25) is 0 Å². The number of halogens is 3. The van der Waals surface area contributed by atoms with Crippen LogP contribution in [0.15, 0.2) is 42.5 Å². The lowest BCUT2D eigenvalue weighted by Gasteiger charge is -2.24. The predicted molar refractivity (Wildman–Crippen MR) is 72.7 cm³/mol. The molecule has 0 saturated heterocycles. The Balaban J connectivity index is 2.17. The van der Waals surface area contributed by atoms with Gasteiger partial charge in [0.15, 0.2) is 5.67 Å². The van der Waals surface area contributed by atoms with Crippen LogP contribution in [0, 0.1) is 17.6 Å². The third-order valence-corrected chi connectivity index (χ3v) is 3.37. The number of hydrogen-bond acceptors (Lipinski definition) is 2. The molecule has 1 aliphatic carbocycles. The molecular formula is C15H15F3N2O. The molecular weight excluding hydrogens is 281 g/mol. The van der Waals surface area contributed by atoms with E-state index in [0.29, 0.717) is 6.07 Å². The number of alkyl halides is 1. The van der Waals surface area contributed by atoms with Gasteiger partial charge in [-0.15, -0.1) is 0 Å². The van der Waals surface area contributed by atoms with E-state index in [1.807, 2.05) is 0 Å². The van der Waals surface area contributed by atoms with Crippen molar-refractivity contribution in [1.29, 1.82) is 0 Å². The number of carbonyl (C=O) groups excluding carboxylic acids is 1.